The van der Waals surface area contributed by atoms with Crippen molar-refractivity contribution in [2.45, 2.75) is 28.0 Å². The third kappa shape index (κ3) is 5.66. The first-order valence-corrected chi connectivity index (χ1v) is 11.7. The predicted octanol–water partition coefficient (Wildman–Crippen LogP) is 6.12. The highest BCUT2D eigenvalue weighted by Gasteiger charge is 2.31. The number of thioether (sulfide) groups is 2. The van der Waals surface area contributed by atoms with Crippen molar-refractivity contribution in [2.75, 3.05) is 0 Å². The molecule has 0 spiro atoms. The fraction of sp³-hybridized carbons (Fsp3) is 0.150. The van der Waals surface area contributed by atoms with Crippen molar-refractivity contribution in [1.29, 1.82) is 0 Å². The lowest BCUT2D eigenvalue weighted by Crippen LogP contribution is -2.14. The van der Waals surface area contributed by atoms with Crippen LogP contribution in [0.4, 0.5) is 17.6 Å². The van der Waals surface area contributed by atoms with Crippen molar-refractivity contribution in [2.24, 2.45) is 0 Å². The molecule has 1 N–H and O–H groups in total. The van der Waals surface area contributed by atoms with Crippen molar-refractivity contribution >= 4 is 44.9 Å². The van der Waals surface area contributed by atoms with E-state index >= 15 is 0 Å². The van der Waals surface area contributed by atoms with Crippen LogP contribution in [0, 0.1) is 5.82 Å². The van der Waals surface area contributed by atoms with E-state index in [1.165, 1.54) is 16.5 Å². The van der Waals surface area contributed by atoms with Gasteiger partial charge >= 0.3 is 11.9 Å². The summed E-state index contributed by atoms with van der Waals surface area (Å²) in [6.45, 7) is 0. The summed E-state index contributed by atoms with van der Waals surface area (Å²) in [4.78, 5) is 22.4. The van der Waals surface area contributed by atoms with Crippen molar-refractivity contribution in [1.82, 2.24) is 15.0 Å². The molecular formula is C20H13F4N3OS3. The van der Waals surface area contributed by atoms with Crippen LogP contribution in [0.3, 0.4) is 0 Å². The summed E-state index contributed by atoms with van der Waals surface area (Å²) in [5.41, 5.74) is -0.485. The van der Waals surface area contributed by atoms with Gasteiger partial charge in [0.2, 0.25) is 0 Å². The number of fused-ring (bicyclic) bond motifs is 1. The zero-order valence-corrected chi connectivity index (χ0v) is 18.0. The highest BCUT2D eigenvalue weighted by Crippen LogP contribution is 2.32. The molecule has 4 rings (SSSR count). The number of rotatable bonds is 6. The molecule has 2 heterocycles. The highest BCUT2D eigenvalue weighted by atomic mass is 32.2. The Kier molecular flexibility index (Phi) is 6.35. The molecule has 160 valence electrons. The number of halogens is 4. The number of aromatic nitrogens is 3. The number of nitrogens with one attached hydrogen (secondary N) is 1. The van der Waals surface area contributed by atoms with E-state index in [1.807, 2.05) is 23.6 Å². The van der Waals surface area contributed by atoms with Gasteiger partial charge in [0.1, 0.15) is 5.82 Å². The standard InChI is InChI=1S/C20H13F4N3OS3/c21-15-7-12(6-14(8-15)20(22,23)24)10-31-19-26-17(28)25-18(27-19)30-9-11-1-2-16-13(5-11)3-4-29-16/h1-8H,9-10H2,(H,25,26,27,28). The van der Waals surface area contributed by atoms with E-state index in [4.69, 9.17) is 0 Å². The molecule has 0 aliphatic carbocycles. The molecule has 0 saturated heterocycles. The second-order valence-electron chi connectivity index (χ2n) is 6.46. The molecule has 2 aromatic heterocycles. The van der Waals surface area contributed by atoms with Crippen LogP contribution in [-0.2, 0) is 17.7 Å². The fourth-order valence-electron chi connectivity index (χ4n) is 2.78. The molecular weight excluding hydrogens is 470 g/mol. The summed E-state index contributed by atoms with van der Waals surface area (Å²) in [5, 5.41) is 3.62. The van der Waals surface area contributed by atoms with Gasteiger partial charge in [-0.1, -0.05) is 29.6 Å². The Bertz CT molecular complexity index is 1290. The van der Waals surface area contributed by atoms with Gasteiger partial charge < -0.3 is 0 Å². The van der Waals surface area contributed by atoms with Crippen LogP contribution < -0.4 is 5.69 Å². The molecule has 0 bridgehead atoms. The summed E-state index contributed by atoms with van der Waals surface area (Å²) in [5.74, 6) is -0.415. The fourth-order valence-corrected chi connectivity index (χ4v) is 5.17. The maximum absolute atomic E-state index is 13.6. The first-order valence-electron chi connectivity index (χ1n) is 8.83. The first kappa shape index (κ1) is 21.8. The third-order valence-corrected chi connectivity index (χ3v) is 6.91. The molecule has 0 saturated carbocycles. The van der Waals surface area contributed by atoms with Crippen molar-refractivity contribution in [3.63, 3.8) is 0 Å². The molecule has 0 aliphatic heterocycles. The van der Waals surface area contributed by atoms with Gasteiger partial charge in [-0.05, 0) is 58.3 Å². The maximum Gasteiger partial charge on any atom is 0.416 e. The highest BCUT2D eigenvalue weighted by molar-refractivity contribution is 7.99. The number of nitrogens with zero attached hydrogens (tertiary/aromatic N) is 2. The molecule has 4 nitrogen and oxygen atoms in total. The van der Waals surface area contributed by atoms with Crippen LogP contribution in [0.15, 0.2) is 63.0 Å². The molecule has 0 aliphatic rings. The van der Waals surface area contributed by atoms with E-state index < -0.39 is 23.2 Å². The number of aromatic amines is 1. The number of H-pyrrole nitrogens is 1. The van der Waals surface area contributed by atoms with Crippen LogP contribution in [0.25, 0.3) is 10.1 Å². The summed E-state index contributed by atoms with van der Waals surface area (Å²) in [6, 6.07) is 10.5. The molecule has 2 aromatic carbocycles. The van der Waals surface area contributed by atoms with Crippen LogP contribution in [0.1, 0.15) is 16.7 Å². The third-order valence-electron chi connectivity index (χ3n) is 4.15. The van der Waals surface area contributed by atoms with Crippen molar-refractivity contribution < 1.29 is 17.6 Å². The van der Waals surface area contributed by atoms with E-state index in [0.29, 0.717) is 17.0 Å². The SMILES string of the molecule is O=c1nc(SCc2cc(F)cc(C(F)(F)F)c2)nc(SCc2ccc3sccc3c2)[nH]1. The van der Waals surface area contributed by atoms with E-state index in [2.05, 4.69) is 21.0 Å². The molecule has 0 fully saturated rings. The monoisotopic (exact) mass is 483 g/mol. The lowest BCUT2D eigenvalue weighted by Gasteiger charge is -2.09. The van der Waals surface area contributed by atoms with Crippen molar-refractivity contribution in [3.8, 4) is 0 Å². The molecule has 11 heteroatoms. The minimum Gasteiger partial charge on any atom is -0.285 e. The number of hydrogen-bond acceptors (Lipinski definition) is 6. The summed E-state index contributed by atoms with van der Waals surface area (Å²) >= 11 is 3.94. The van der Waals surface area contributed by atoms with Gasteiger partial charge in [0.05, 0.1) is 5.56 Å². The Hall–Kier alpha value is -2.37. The van der Waals surface area contributed by atoms with Crippen molar-refractivity contribution in [3.05, 3.63) is 80.8 Å². The number of hydrogen-bond donors (Lipinski definition) is 1. The van der Waals surface area contributed by atoms with Gasteiger partial charge in [0, 0.05) is 16.2 Å². The minimum absolute atomic E-state index is 0.0107. The summed E-state index contributed by atoms with van der Waals surface area (Å²) in [6.07, 6.45) is -4.64. The van der Waals surface area contributed by atoms with E-state index in [-0.39, 0.29) is 16.5 Å². The van der Waals surface area contributed by atoms with Crippen LogP contribution in [-0.4, -0.2) is 15.0 Å². The van der Waals surface area contributed by atoms with Gasteiger partial charge in [-0.15, -0.1) is 11.3 Å². The Labute approximate surface area is 186 Å². The van der Waals surface area contributed by atoms with Crippen LogP contribution in [0.2, 0.25) is 0 Å². The maximum atomic E-state index is 13.6. The number of benzene rings is 2. The largest absolute Gasteiger partial charge is 0.416 e. The lowest BCUT2D eigenvalue weighted by molar-refractivity contribution is -0.137. The van der Waals surface area contributed by atoms with E-state index in [0.717, 1.165) is 34.8 Å². The molecule has 4 aromatic rings. The molecule has 0 radical (unpaired) electrons. The van der Waals surface area contributed by atoms with Crippen LogP contribution >= 0.6 is 34.9 Å². The molecule has 0 unspecified atom stereocenters. The van der Waals surface area contributed by atoms with Gasteiger partial charge in [0.25, 0.3) is 0 Å². The quantitative estimate of drug-likeness (QED) is 0.264. The lowest BCUT2D eigenvalue weighted by atomic mass is 10.1. The average Bonchev–Trinajstić information content (AvgIpc) is 3.17. The zero-order chi connectivity index (χ0) is 22.0. The number of thiophene rings is 1. The summed E-state index contributed by atoms with van der Waals surface area (Å²) < 4.78 is 53.3. The molecule has 31 heavy (non-hydrogen) atoms. The second kappa shape index (κ2) is 9.01. The van der Waals surface area contributed by atoms with Gasteiger partial charge in [0.15, 0.2) is 10.3 Å². The van der Waals surface area contributed by atoms with Gasteiger partial charge in [-0.2, -0.15) is 23.1 Å². The first-order chi connectivity index (χ1) is 14.8. The van der Waals surface area contributed by atoms with E-state index in [1.54, 1.807) is 11.3 Å². The Morgan fingerprint density at radius 3 is 2.58 bits per heavy atom. The summed E-state index contributed by atoms with van der Waals surface area (Å²) in [7, 11) is 0. The zero-order valence-electron chi connectivity index (χ0n) is 15.6. The van der Waals surface area contributed by atoms with Crippen LogP contribution in [0.5, 0.6) is 0 Å². The Morgan fingerprint density at radius 1 is 0.968 bits per heavy atom. The molecule has 0 amide bonds. The Balaban J connectivity index is 1.45. The van der Waals surface area contributed by atoms with Gasteiger partial charge in [-0.25, -0.2) is 9.18 Å². The van der Waals surface area contributed by atoms with E-state index in [9.17, 15) is 22.4 Å². The average molecular weight is 484 g/mol. The smallest absolute Gasteiger partial charge is 0.285 e. The second-order valence-corrected chi connectivity index (χ2v) is 9.31. The normalized spacial score (nSPS) is 11.9. The Morgan fingerprint density at radius 2 is 1.77 bits per heavy atom. The minimum atomic E-state index is -4.64. The topological polar surface area (TPSA) is 58.6 Å². The van der Waals surface area contributed by atoms with Gasteiger partial charge in [-0.3, -0.25) is 4.98 Å². The molecule has 0 atom stereocenters. The predicted molar refractivity (Wildman–Crippen MR) is 115 cm³/mol. The number of alkyl halides is 3.